The SMILES string of the molecule is C[CH-]N=c1ccc(C(C)C)nn1C=N.[Rb+]. The molecule has 0 radical (unpaired) electrons. The topological polar surface area (TPSA) is 54.0 Å². The van der Waals surface area contributed by atoms with Crippen LogP contribution in [0.25, 0.3) is 0 Å². The molecule has 0 aliphatic rings. The summed E-state index contributed by atoms with van der Waals surface area (Å²) >= 11 is 0. The first-order valence-corrected chi connectivity index (χ1v) is 4.61. The van der Waals surface area contributed by atoms with Gasteiger partial charge in [0.05, 0.1) is 12.0 Å². The fourth-order valence-electron chi connectivity index (χ4n) is 1.08. The molecule has 1 aromatic heterocycles. The van der Waals surface area contributed by atoms with Crippen molar-refractivity contribution in [1.29, 1.82) is 5.41 Å². The number of hydrogen-bond acceptors (Lipinski definition) is 3. The molecule has 0 fully saturated rings. The van der Waals surface area contributed by atoms with Crippen molar-refractivity contribution >= 4 is 6.34 Å². The molecule has 1 heterocycles. The number of hydrogen-bond donors (Lipinski definition) is 1. The van der Waals surface area contributed by atoms with Crippen LogP contribution in [-0.4, -0.2) is 16.1 Å². The van der Waals surface area contributed by atoms with E-state index in [1.54, 1.807) is 6.54 Å². The first-order valence-electron chi connectivity index (χ1n) is 4.61. The average Bonchev–Trinajstić information content (AvgIpc) is 2.18. The molecule has 1 aromatic rings. The Morgan fingerprint density at radius 3 is 2.67 bits per heavy atom. The summed E-state index contributed by atoms with van der Waals surface area (Å²) in [6.07, 6.45) is 1.16. The Labute approximate surface area is 139 Å². The van der Waals surface area contributed by atoms with Gasteiger partial charge >= 0.3 is 58.2 Å². The second-order valence-corrected chi connectivity index (χ2v) is 3.23. The summed E-state index contributed by atoms with van der Waals surface area (Å²) in [5, 5.41) is 11.5. The smallest absolute Gasteiger partial charge is 0.431 e. The molecule has 0 aromatic carbocycles. The minimum atomic E-state index is 0. The van der Waals surface area contributed by atoms with Crippen molar-refractivity contribution < 1.29 is 58.2 Å². The van der Waals surface area contributed by atoms with Crippen LogP contribution in [0.1, 0.15) is 32.4 Å². The van der Waals surface area contributed by atoms with E-state index in [2.05, 4.69) is 23.9 Å². The summed E-state index contributed by atoms with van der Waals surface area (Å²) in [5.41, 5.74) is 1.63. The van der Waals surface area contributed by atoms with Gasteiger partial charge in [0.15, 0.2) is 0 Å². The van der Waals surface area contributed by atoms with E-state index in [1.807, 2.05) is 19.1 Å². The predicted molar refractivity (Wildman–Crippen MR) is 56.0 cm³/mol. The third-order valence-electron chi connectivity index (χ3n) is 1.84. The Hall–Kier alpha value is 0.225. The molecule has 76 valence electrons. The molecule has 1 rings (SSSR count). The number of aromatic nitrogens is 2. The summed E-state index contributed by atoms with van der Waals surface area (Å²) in [7, 11) is 0. The Bertz CT molecular complexity index is 381. The summed E-state index contributed by atoms with van der Waals surface area (Å²) in [4.78, 5) is 4.10. The second-order valence-electron chi connectivity index (χ2n) is 3.23. The number of nitrogens with zero attached hydrogens (tertiary/aromatic N) is 3. The van der Waals surface area contributed by atoms with Gasteiger partial charge in [-0.3, -0.25) is 10.1 Å². The maximum atomic E-state index is 7.20. The third-order valence-corrected chi connectivity index (χ3v) is 1.84. The van der Waals surface area contributed by atoms with Gasteiger partial charge in [0.1, 0.15) is 0 Å². The van der Waals surface area contributed by atoms with E-state index in [4.69, 9.17) is 5.41 Å². The zero-order chi connectivity index (χ0) is 10.6. The van der Waals surface area contributed by atoms with Crippen molar-refractivity contribution in [3.05, 3.63) is 29.9 Å². The molecule has 0 unspecified atom stereocenters. The molecule has 0 saturated heterocycles. The monoisotopic (exact) mass is 276 g/mol. The fraction of sp³-hybridized carbons (Fsp3) is 0.400. The Morgan fingerprint density at radius 1 is 1.53 bits per heavy atom. The minimum Gasteiger partial charge on any atom is -0.431 e. The molecule has 0 aliphatic heterocycles. The van der Waals surface area contributed by atoms with Crippen LogP contribution in [-0.2, 0) is 0 Å². The molecule has 1 N–H and O–H groups in total. The minimum absolute atomic E-state index is 0. The van der Waals surface area contributed by atoms with Crippen LogP contribution >= 0.6 is 0 Å². The molecule has 5 heteroatoms. The molecule has 0 aliphatic carbocycles. The van der Waals surface area contributed by atoms with E-state index in [0.29, 0.717) is 11.4 Å². The second kappa shape index (κ2) is 7.49. The van der Waals surface area contributed by atoms with E-state index in [1.165, 1.54) is 4.68 Å². The Morgan fingerprint density at radius 2 is 2.20 bits per heavy atom. The van der Waals surface area contributed by atoms with Gasteiger partial charge < -0.3 is 4.99 Å². The van der Waals surface area contributed by atoms with Gasteiger partial charge in [-0.1, -0.05) is 32.9 Å². The van der Waals surface area contributed by atoms with Crippen molar-refractivity contribution in [3.63, 3.8) is 0 Å². The molecule has 0 amide bonds. The van der Waals surface area contributed by atoms with Crippen LogP contribution in [0.3, 0.4) is 0 Å². The maximum Gasteiger partial charge on any atom is 1.00 e. The Kier molecular flexibility index (Phi) is 7.60. The maximum absolute atomic E-state index is 7.20. The van der Waals surface area contributed by atoms with Crippen molar-refractivity contribution in [2.24, 2.45) is 4.99 Å². The van der Waals surface area contributed by atoms with Gasteiger partial charge in [0, 0.05) is 5.49 Å². The summed E-state index contributed by atoms with van der Waals surface area (Å²) in [6, 6.07) is 3.81. The van der Waals surface area contributed by atoms with Gasteiger partial charge in [0.2, 0.25) is 0 Å². The first-order chi connectivity index (χ1) is 6.69. The van der Waals surface area contributed by atoms with E-state index in [0.717, 1.165) is 12.0 Å². The van der Waals surface area contributed by atoms with Crippen LogP contribution in [0.15, 0.2) is 17.1 Å². The van der Waals surface area contributed by atoms with E-state index in [-0.39, 0.29) is 58.2 Å². The first kappa shape index (κ1) is 15.2. The number of nitrogens with one attached hydrogen (secondary N) is 1. The molecule has 15 heavy (non-hydrogen) atoms. The molecule has 4 nitrogen and oxygen atoms in total. The van der Waals surface area contributed by atoms with Crippen molar-refractivity contribution in [3.8, 4) is 0 Å². The van der Waals surface area contributed by atoms with Gasteiger partial charge in [-0.2, -0.15) is 5.10 Å². The molecule has 0 bridgehead atoms. The van der Waals surface area contributed by atoms with E-state index < -0.39 is 0 Å². The zero-order valence-electron chi connectivity index (χ0n) is 9.73. The van der Waals surface area contributed by atoms with Crippen molar-refractivity contribution in [2.75, 3.05) is 0 Å². The Balaban J connectivity index is 0.00000196. The van der Waals surface area contributed by atoms with Gasteiger partial charge in [-0.15, -0.1) is 6.54 Å². The summed E-state index contributed by atoms with van der Waals surface area (Å²) in [6.45, 7) is 7.66. The molecule has 0 saturated carbocycles. The number of rotatable bonds is 3. The van der Waals surface area contributed by atoms with Crippen LogP contribution < -0.4 is 63.7 Å². The van der Waals surface area contributed by atoms with Gasteiger partial charge in [0.25, 0.3) is 0 Å². The third kappa shape index (κ3) is 4.30. The van der Waals surface area contributed by atoms with Crippen LogP contribution in [0, 0.1) is 12.0 Å². The zero-order valence-corrected chi connectivity index (χ0v) is 14.6. The predicted octanol–water partition coefficient (Wildman–Crippen LogP) is -1.45. The molecule has 0 spiro atoms. The summed E-state index contributed by atoms with van der Waals surface area (Å²) in [5.74, 6) is 0.362. The normalized spacial score (nSPS) is 11.1. The van der Waals surface area contributed by atoms with Crippen LogP contribution in [0.4, 0.5) is 0 Å². The average molecular weight is 277 g/mol. The van der Waals surface area contributed by atoms with Crippen LogP contribution in [0.5, 0.6) is 0 Å². The molecule has 0 atom stereocenters. The van der Waals surface area contributed by atoms with Gasteiger partial charge in [-0.05, 0) is 5.92 Å². The molecular formula is C10H15N4Rb. The quantitative estimate of drug-likeness (QED) is 0.410. The fourth-order valence-corrected chi connectivity index (χ4v) is 1.08. The summed E-state index contributed by atoms with van der Waals surface area (Å²) < 4.78 is 1.47. The standard InChI is InChI=1S/C10H15N4.Rb/c1-4-12-10-6-5-9(8(2)3)13-14(10)7-11;/h4-8,11H,1-3H3;/q-1;+1. The van der Waals surface area contributed by atoms with Crippen LogP contribution in [0.2, 0.25) is 0 Å². The van der Waals surface area contributed by atoms with Crippen molar-refractivity contribution in [1.82, 2.24) is 9.78 Å². The van der Waals surface area contributed by atoms with E-state index >= 15 is 0 Å². The van der Waals surface area contributed by atoms with Gasteiger partial charge in [-0.25, -0.2) is 0 Å². The largest absolute Gasteiger partial charge is 1.00 e. The molecular weight excluding hydrogens is 262 g/mol. The van der Waals surface area contributed by atoms with E-state index in [9.17, 15) is 0 Å². The van der Waals surface area contributed by atoms with Crippen molar-refractivity contribution in [2.45, 2.75) is 26.7 Å².